The number of carbonyl (C=O) groups excluding carboxylic acids is 2. The standard InChI is InChI=1S/C20H16ClFN8O2.ClH/c21-14-2-1-5-24-16(14)10-30(9-12-4-3-11(22)6-25-12)20(32)19(31)28-15-8-26-18(23)13-7-27-29-17(13)15;/h1-8H,9-10H2,(H2,23,26)(H,27,29)(H,28,31);1H. The lowest BCUT2D eigenvalue weighted by Crippen LogP contribution is -2.39. The average molecular weight is 491 g/mol. The van der Waals surface area contributed by atoms with Gasteiger partial charge in [-0.15, -0.1) is 12.4 Å². The smallest absolute Gasteiger partial charge is 0.314 e. The van der Waals surface area contributed by atoms with Crippen LogP contribution in [0, 0.1) is 5.82 Å². The molecule has 0 fully saturated rings. The van der Waals surface area contributed by atoms with Gasteiger partial charge in [-0.1, -0.05) is 11.6 Å². The van der Waals surface area contributed by atoms with Crippen LogP contribution < -0.4 is 11.1 Å². The SMILES string of the molecule is Cl.Nc1ncc(NC(=O)C(=O)N(Cc2ccc(F)cn2)Cc2ncccc2Cl)c2[nH]ncc12. The Hall–Kier alpha value is -3.83. The number of rotatable bonds is 5. The topological polar surface area (TPSA) is 143 Å². The van der Waals surface area contributed by atoms with Crippen molar-refractivity contribution < 1.29 is 14.0 Å². The highest BCUT2D eigenvalue weighted by Gasteiger charge is 2.25. The van der Waals surface area contributed by atoms with Gasteiger partial charge in [0, 0.05) is 6.20 Å². The zero-order chi connectivity index (χ0) is 22.7. The number of H-pyrrole nitrogens is 1. The van der Waals surface area contributed by atoms with Crippen LogP contribution >= 0.6 is 24.0 Å². The number of nitrogens with one attached hydrogen (secondary N) is 2. The number of amides is 2. The molecule has 13 heteroatoms. The molecule has 0 unspecified atom stereocenters. The van der Waals surface area contributed by atoms with Gasteiger partial charge in [-0.25, -0.2) is 9.37 Å². The predicted molar refractivity (Wildman–Crippen MR) is 122 cm³/mol. The molecule has 4 aromatic rings. The molecule has 2 amide bonds. The first-order valence-corrected chi connectivity index (χ1v) is 9.68. The Balaban J connectivity index is 0.00000306. The van der Waals surface area contributed by atoms with Crippen molar-refractivity contribution in [2.75, 3.05) is 11.1 Å². The molecule has 4 aromatic heterocycles. The van der Waals surface area contributed by atoms with Crippen LogP contribution in [-0.2, 0) is 22.7 Å². The van der Waals surface area contributed by atoms with Crippen molar-refractivity contribution in [2.24, 2.45) is 0 Å². The van der Waals surface area contributed by atoms with Crippen LogP contribution in [0.4, 0.5) is 15.9 Å². The van der Waals surface area contributed by atoms with Crippen molar-refractivity contribution in [3.05, 3.63) is 71.3 Å². The molecule has 0 saturated carbocycles. The molecule has 4 N–H and O–H groups in total. The Morgan fingerprint density at radius 3 is 2.67 bits per heavy atom. The highest BCUT2D eigenvalue weighted by Crippen LogP contribution is 2.24. The van der Waals surface area contributed by atoms with Crippen LogP contribution in [0.5, 0.6) is 0 Å². The minimum Gasteiger partial charge on any atom is -0.383 e. The number of hydrogen-bond acceptors (Lipinski definition) is 7. The van der Waals surface area contributed by atoms with E-state index in [1.165, 1.54) is 35.6 Å². The van der Waals surface area contributed by atoms with Crippen LogP contribution in [0.2, 0.25) is 5.02 Å². The first kappa shape index (κ1) is 23.8. The number of carbonyl (C=O) groups is 2. The Labute approximate surface area is 197 Å². The number of aromatic amines is 1. The molecule has 170 valence electrons. The second-order valence-corrected chi connectivity index (χ2v) is 7.14. The number of anilines is 2. The van der Waals surface area contributed by atoms with E-state index in [4.69, 9.17) is 17.3 Å². The summed E-state index contributed by atoms with van der Waals surface area (Å²) in [7, 11) is 0. The summed E-state index contributed by atoms with van der Waals surface area (Å²) in [6, 6.07) is 5.91. The fourth-order valence-corrected chi connectivity index (χ4v) is 3.16. The van der Waals surface area contributed by atoms with Gasteiger partial charge in [0.1, 0.15) is 11.6 Å². The zero-order valence-corrected chi connectivity index (χ0v) is 18.4. The molecule has 4 rings (SSSR count). The van der Waals surface area contributed by atoms with E-state index < -0.39 is 17.6 Å². The third kappa shape index (κ3) is 5.33. The Bertz CT molecular complexity index is 1300. The van der Waals surface area contributed by atoms with E-state index in [1.54, 1.807) is 12.1 Å². The number of halogens is 3. The minimum absolute atomic E-state index is 0. The van der Waals surface area contributed by atoms with Gasteiger partial charge in [-0.3, -0.25) is 24.7 Å². The van der Waals surface area contributed by atoms with Crippen molar-refractivity contribution in [1.29, 1.82) is 0 Å². The van der Waals surface area contributed by atoms with Crippen LogP contribution in [0.1, 0.15) is 11.4 Å². The van der Waals surface area contributed by atoms with Gasteiger partial charge in [0.15, 0.2) is 0 Å². The molecule has 33 heavy (non-hydrogen) atoms. The third-order valence-electron chi connectivity index (χ3n) is 4.56. The van der Waals surface area contributed by atoms with E-state index in [2.05, 4.69) is 30.5 Å². The van der Waals surface area contributed by atoms with Gasteiger partial charge < -0.3 is 16.0 Å². The molecule has 0 aliphatic carbocycles. The summed E-state index contributed by atoms with van der Waals surface area (Å²) in [6.07, 6.45) is 5.34. The molecular weight excluding hydrogens is 474 g/mol. The van der Waals surface area contributed by atoms with E-state index >= 15 is 0 Å². The Morgan fingerprint density at radius 2 is 1.94 bits per heavy atom. The number of hydrogen-bond donors (Lipinski definition) is 3. The zero-order valence-electron chi connectivity index (χ0n) is 16.8. The predicted octanol–water partition coefficient (Wildman–Crippen LogP) is 2.71. The molecule has 0 spiro atoms. The Kier molecular flexibility index (Phi) is 7.36. The first-order chi connectivity index (χ1) is 15.4. The van der Waals surface area contributed by atoms with Crippen LogP contribution in [0.15, 0.2) is 49.1 Å². The van der Waals surface area contributed by atoms with Crippen molar-refractivity contribution in [2.45, 2.75) is 13.1 Å². The minimum atomic E-state index is -0.929. The molecule has 0 aromatic carbocycles. The Morgan fingerprint density at radius 1 is 1.12 bits per heavy atom. The van der Waals surface area contributed by atoms with Crippen molar-refractivity contribution >= 4 is 58.2 Å². The van der Waals surface area contributed by atoms with Crippen molar-refractivity contribution in [1.82, 2.24) is 30.0 Å². The van der Waals surface area contributed by atoms with Gasteiger partial charge in [-0.05, 0) is 24.3 Å². The van der Waals surface area contributed by atoms with Gasteiger partial charge in [0.2, 0.25) is 0 Å². The summed E-state index contributed by atoms with van der Waals surface area (Å²) in [5, 5.41) is 9.95. The molecular formula is C20H17Cl2FN8O2. The summed E-state index contributed by atoms with van der Waals surface area (Å²) in [6.45, 7) is -0.136. The normalized spacial score (nSPS) is 10.5. The first-order valence-electron chi connectivity index (χ1n) is 9.30. The summed E-state index contributed by atoms with van der Waals surface area (Å²) >= 11 is 6.18. The second-order valence-electron chi connectivity index (χ2n) is 6.73. The lowest BCUT2D eigenvalue weighted by atomic mass is 10.2. The maximum atomic E-state index is 13.2. The van der Waals surface area contributed by atoms with E-state index in [-0.39, 0.29) is 37.0 Å². The monoisotopic (exact) mass is 490 g/mol. The number of nitrogen functional groups attached to an aromatic ring is 1. The number of fused-ring (bicyclic) bond motifs is 1. The van der Waals surface area contributed by atoms with Crippen LogP contribution in [-0.4, -0.2) is 41.9 Å². The van der Waals surface area contributed by atoms with Crippen molar-refractivity contribution in [3.8, 4) is 0 Å². The van der Waals surface area contributed by atoms with E-state index in [1.807, 2.05) is 0 Å². The summed E-state index contributed by atoms with van der Waals surface area (Å²) in [5.41, 5.74) is 7.23. The lowest BCUT2D eigenvalue weighted by molar-refractivity contribution is -0.144. The molecule has 4 heterocycles. The van der Waals surface area contributed by atoms with E-state index in [0.29, 0.717) is 27.3 Å². The second kappa shape index (κ2) is 10.2. The van der Waals surface area contributed by atoms with E-state index in [9.17, 15) is 14.0 Å². The van der Waals surface area contributed by atoms with Gasteiger partial charge in [0.05, 0.1) is 64.7 Å². The molecule has 0 aliphatic rings. The lowest BCUT2D eigenvalue weighted by Gasteiger charge is -2.22. The van der Waals surface area contributed by atoms with Crippen molar-refractivity contribution in [3.63, 3.8) is 0 Å². The summed E-state index contributed by atoms with van der Waals surface area (Å²) in [5.74, 6) is -2.09. The maximum absolute atomic E-state index is 13.2. The molecule has 0 atom stereocenters. The fourth-order valence-electron chi connectivity index (χ4n) is 2.98. The summed E-state index contributed by atoms with van der Waals surface area (Å²) in [4.78, 5) is 39.2. The van der Waals surface area contributed by atoms with E-state index in [0.717, 1.165) is 6.20 Å². The highest BCUT2D eigenvalue weighted by molar-refractivity contribution is 6.40. The molecule has 0 bridgehead atoms. The number of nitrogens with zero attached hydrogens (tertiary/aromatic N) is 5. The fraction of sp³-hybridized carbons (Fsp3) is 0.100. The largest absolute Gasteiger partial charge is 0.383 e. The van der Waals surface area contributed by atoms with Gasteiger partial charge in [-0.2, -0.15) is 5.10 Å². The van der Waals surface area contributed by atoms with Crippen LogP contribution in [0.3, 0.4) is 0 Å². The molecule has 0 radical (unpaired) electrons. The number of pyridine rings is 3. The van der Waals surface area contributed by atoms with Crippen LogP contribution in [0.25, 0.3) is 10.9 Å². The van der Waals surface area contributed by atoms with Gasteiger partial charge >= 0.3 is 11.8 Å². The molecule has 10 nitrogen and oxygen atoms in total. The summed E-state index contributed by atoms with van der Waals surface area (Å²) < 4.78 is 13.2. The number of aromatic nitrogens is 5. The maximum Gasteiger partial charge on any atom is 0.314 e. The average Bonchev–Trinajstić information content (AvgIpc) is 3.29. The highest BCUT2D eigenvalue weighted by atomic mass is 35.5. The quantitative estimate of drug-likeness (QED) is 0.365. The third-order valence-corrected chi connectivity index (χ3v) is 4.91. The molecule has 0 aliphatic heterocycles. The molecule has 0 saturated heterocycles. The van der Waals surface area contributed by atoms with Gasteiger partial charge in [0.25, 0.3) is 0 Å². The number of nitrogens with two attached hydrogens (primary N) is 1.